The number of likely N-dealkylation sites (tertiary alicyclic amines) is 1. The van der Waals surface area contributed by atoms with Crippen LogP contribution in [0.25, 0.3) is 10.6 Å². The summed E-state index contributed by atoms with van der Waals surface area (Å²) < 4.78 is 9.54. The van der Waals surface area contributed by atoms with Crippen molar-refractivity contribution in [3.8, 4) is 10.6 Å². The highest BCUT2D eigenvalue weighted by molar-refractivity contribution is 7.12. The molecule has 1 aliphatic heterocycles. The fourth-order valence-corrected chi connectivity index (χ4v) is 4.87. The zero-order valence-electron chi connectivity index (χ0n) is 14.2. The van der Waals surface area contributed by atoms with Gasteiger partial charge in [0.1, 0.15) is 5.60 Å². The van der Waals surface area contributed by atoms with Gasteiger partial charge in [0.2, 0.25) is 0 Å². The molecule has 1 saturated heterocycles. The van der Waals surface area contributed by atoms with Gasteiger partial charge in [-0.15, -0.1) is 11.3 Å². The molecular formula is C16H19Cl2N3O2S2. The van der Waals surface area contributed by atoms with Gasteiger partial charge in [-0.2, -0.15) is 4.37 Å². The minimum absolute atomic E-state index is 0.210. The summed E-state index contributed by atoms with van der Waals surface area (Å²) in [4.78, 5) is 19.6. The van der Waals surface area contributed by atoms with Crippen LogP contribution in [-0.2, 0) is 4.74 Å². The molecule has 0 radical (unpaired) electrons. The van der Waals surface area contributed by atoms with Crippen molar-refractivity contribution in [3.05, 3.63) is 20.6 Å². The normalized spacial score (nSPS) is 18.4. The minimum Gasteiger partial charge on any atom is -0.444 e. The van der Waals surface area contributed by atoms with Gasteiger partial charge in [-0.1, -0.05) is 23.2 Å². The van der Waals surface area contributed by atoms with E-state index in [0.29, 0.717) is 16.7 Å². The average Bonchev–Trinajstić information content (AvgIpc) is 3.14. The lowest BCUT2D eigenvalue weighted by Crippen LogP contribution is -2.42. The quantitative estimate of drug-likeness (QED) is 0.627. The van der Waals surface area contributed by atoms with E-state index in [1.807, 2.05) is 26.2 Å². The Hall–Kier alpha value is -0.890. The largest absolute Gasteiger partial charge is 0.444 e. The molecule has 1 amide bonds. The number of carbonyl (C=O) groups is 1. The summed E-state index contributed by atoms with van der Waals surface area (Å²) in [6.45, 7) is 6.98. The first-order valence-electron chi connectivity index (χ1n) is 7.99. The van der Waals surface area contributed by atoms with Gasteiger partial charge in [-0.05, 0) is 45.1 Å². The van der Waals surface area contributed by atoms with E-state index < -0.39 is 5.60 Å². The predicted molar refractivity (Wildman–Crippen MR) is 103 cm³/mol. The Morgan fingerprint density at radius 2 is 2.16 bits per heavy atom. The number of aromatic nitrogens is 2. The maximum absolute atomic E-state index is 12.3. The Labute approximate surface area is 165 Å². The molecule has 0 aliphatic carbocycles. The Bertz CT molecular complexity index is 770. The van der Waals surface area contributed by atoms with Gasteiger partial charge >= 0.3 is 6.09 Å². The first-order chi connectivity index (χ1) is 11.7. The molecule has 5 nitrogen and oxygen atoms in total. The number of nitrogens with zero attached hydrogens (tertiary/aromatic N) is 3. The van der Waals surface area contributed by atoms with Crippen molar-refractivity contribution in [1.29, 1.82) is 0 Å². The summed E-state index contributed by atoms with van der Waals surface area (Å²) in [6, 6.07) is 0. The molecule has 3 rings (SSSR count). The molecule has 1 aliphatic rings. The second kappa shape index (κ2) is 7.39. The van der Waals surface area contributed by atoms with Crippen molar-refractivity contribution in [2.75, 3.05) is 13.1 Å². The van der Waals surface area contributed by atoms with Crippen LogP contribution in [0.1, 0.15) is 44.5 Å². The third-order valence-electron chi connectivity index (χ3n) is 3.77. The van der Waals surface area contributed by atoms with Crippen LogP contribution in [0.3, 0.4) is 0 Å². The number of ether oxygens (including phenoxy) is 1. The van der Waals surface area contributed by atoms with Crippen LogP contribution in [0.2, 0.25) is 10.2 Å². The standard InChI is InChI=1S/C16H19Cl2N3O2S2/c1-16(2,3)23-15(22)21-6-4-5-9(7-21)14-19-10(8-24-14)12-11(17)13(18)20-25-12/h8-9H,4-7H2,1-3H3. The van der Waals surface area contributed by atoms with E-state index >= 15 is 0 Å². The molecule has 1 atom stereocenters. The van der Waals surface area contributed by atoms with Crippen LogP contribution in [0.4, 0.5) is 4.79 Å². The van der Waals surface area contributed by atoms with E-state index in [9.17, 15) is 4.79 Å². The molecular weight excluding hydrogens is 401 g/mol. The summed E-state index contributed by atoms with van der Waals surface area (Å²) >= 11 is 14.9. The Balaban J connectivity index is 1.72. The third-order valence-corrected chi connectivity index (χ3v) is 6.60. The van der Waals surface area contributed by atoms with E-state index in [0.717, 1.165) is 35.0 Å². The van der Waals surface area contributed by atoms with Gasteiger partial charge in [0.05, 0.1) is 20.6 Å². The molecule has 2 aromatic rings. The summed E-state index contributed by atoms with van der Waals surface area (Å²) in [7, 11) is 0. The lowest BCUT2D eigenvalue weighted by Gasteiger charge is -2.33. The van der Waals surface area contributed by atoms with Crippen molar-refractivity contribution >= 4 is 52.2 Å². The van der Waals surface area contributed by atoms with Crippen LogP contribution in [0.5, 0.6) is 0 Å². The molecule has 136 valence electrons. The number of piperidine rings is 1. The fraction of sp³-hybridized carbons (Fsp3) is 0.562. The number of amides is 1. The molecule has 1 unspecified atom stereocenters. The number of hydrogen-bond acceptors (Lipinski definition) is 6. The Kier molecular flexibility index (Phi) is 5.58. The van der Waals surface area contributed by atoms with Crippen molar-refractivity contribution < 1.29 is 9.53 Å². The molecule has 2 aromatic heterocycles. The SMILES string of the molecule is CC(C)(C)OC(=O)N1CCCC(c2nc(-c3snc(Cl)c3Cl)cs2)C1. The molecule has 25 heavy (non-hydrogen) atoms. The third kappa shape index (κ3) is 4.45. The lowest BCUT2D eigenvalue weighted by atomic mass is 9.99. The van der Waals surface area contributed by atoms with Crippen LogP contribution < -0.4 is 0 Å². The second-order valence-electron chi connectivity index (χ2n) is 6.95. The van der Waals surface area contributed by atoms with Gasteiger partial charge in [0, 0.05) is 24.4 Å². The van der Waals surface area contributed by atoms with Crippen molar-refractivity contribution in [3.63, 3.8) is 0 Å². The van der Waals surface area contributed by atoms with Gasteiger partial charge in [0.15, 0.2) is 5.15 Å². The van der Waals surface area contributed by atoms with Crippen molar-refractivity contribution in [1.82, 2.24) is 14.3 Å². The summed E-state index contributed by atoms with van der Waals surface area (Å²) in [6.07, 6.45) is 1.68. The predicted octanol–water partition coefficient (Wildman–Crippen LogP) is 5.69. The smallest absolute Gasteiger partial charge is 0.410 e. The van der Waals surface area contributed by atoms with Crippen molar-refractivity contribution in [2.24, 2.45) is 0 Å². The van der Waals surface area contributed by atoms with E-state index in [-0.39, 0.29) is 12.0 Å². The maximum atomic E-state index is 12.3. The first kappa shape index (κ1) is 18.9. The molecule has 0 bridgehead atoms. The molecule has 0 spiro atoms. The van der Waals surface area contributed by atoms with Crippen LogP contribution in [0.15, 0.2) is 5.38 Å². The first-order valence-corrected chi connectivity index (χ1v) is 10.4. The van der Waals surface area contributed by atoms with Gasteiger partial charge in [0.25, 0.3) is 0 Å². The highest BCUT2D eigenvalue weighted by atomic mass is 35.5. The molecule has 0 aromatic carbocycles. The Morgan fingerprint density at radius 1 is 1.40 bits per heavy atom. The second-order valence-corrected chi connectivity index (χ2v) is 9.35. The number of rotatable bonds is 2. The van der Waals surface area contributed by atoms with Gasteiger partial charge < -0.3 is 9.64 Å². The molecule has 0 N–H and O–H groups in total. The van der Waals surface area contributed by atoms with E-state index in [1.54, 1.807) is 16.2 Å². The van der Waals surface area contributed by atoms with E-state index in [1.165, 1.54) is 11.5 Å². The number of halogens is 2. The maximum Gasteiger partial charge on any atom is 0.410 e. The molecule has 9 heteroatoms. The van der Waals surface area contributed by atoms with Crippen molar-refractivity contribution in [2.45, 2.75) is 45.1 Å². The molecule has 0 saturated carbocycles. The number of thiazole rings is 1. The minimum atomic E-state index is -0.486. The zero-order chi connectivity index (χ0) is 18.2. The van der Waals surface area contributed by atoms with Gasteiger partial charge in [-0.25, -0.2) is 9.78 Å². The molecule has 3 heterocycles. The van der Waals surface area contributed by atoms with Crippen LogP contribution in [0, 0.1) is 0 Å². The zero-order valence-corrected chi connectivity index (χ0v) is 17.4. The van der Waals surface area contributed by atoms with E-state index in [2.05, 4.69) is 4.37 Å². The highest BCUT2D eigenvalue weighted by Gasteiger charge is 2.30. The molecule has 1 fully saturated rings. The average molecular weight is 420 g/mol. The monoisotopic (exact) mass is 419 g/mol. The summed E-state index contributed by atoms with van der Waals surface area (Å²) in [5.41, 5.74) is 0.310. The summed E-state index contributed by atoms with van der Waals surface area (Å²) in [5, 5.41) is 3.73. The fourth-order valence-electron chi connectivity index (χ4n) is 2.67. The number of carbonyl (C=O) groups excluding carboxylic acids is 1. The Morgan fingerprint density at radius 3 is 2.80 bits per heavy atom. The van der Waals surface area contributed by atoms with Crippen LogP contribution in [-0.4, -0.2) is 39.0 Å². The number of hydrogen-bond donors (Lipinski definition) is 0. The van der Waals surface area contributed by atoms with E-state index in [4.69, 9.17) is 32.9 Å². The topological polar surface area (TPSA) is 55.3 Å². The van der Waals surface area contributed by atoms with Gasteiger partial charge in [-0.3, -0.25) is 0 Å². The highest BCUT2D eigenvalue weighted by Crippen LogP contribution is 2.39. The lowest BCUT2D eigenvalue weighted by molar-refractivity contribution is 0.0198. The summed E-state index contributed by atoms with van der Waals surface area (Å²) in [5.74, 6) is 0.210. The van der Waals surface area contributed by atoms with Crippen LogP contribution >= 0.6 is 46.1 Å².